The van der Waals surface area contributed by atoms with Crippen LogP contribution in [0, 0.1) is 11.8 Å². The molecular weight excluding hydrogens is 226 g/mol. The van der Waals surface area contributed by atoms with Gasteiger partial charge in [0, 0.05) is 17.8 Å². The number of hydrogen-bond donors (Lipinski definition) is 2. The van der Waals surface area contributed by atoms with Gasteiger partial charge in [-0.15, -0.1) is 0 Å². The molecule has 3 N–H and O–H groups in total. The maximum absolute atomic E-state index is 11.8. The average Bonchev–Trinajstić information content (AvgIpc) is 2.37. The molecule has 0 bridgehead atoms. The fraction of sp³-hybridized carbons (Fsp3) is 0.429. The first-order valence-corrected chi connectivity index (χ1v) is 6.13. The van der Waals surface area contributed by atoms with Crippen LogP contribution >= 0.6 is 0 Å². The molecule has 0 saturated heterocycles. The van der Waals surface area contributed by atoms with Crippen LogP contribution in [0.15, 0.2) is 18.3 Å². The number of amides is 1. The lowest BCUT2D eigenvalue weighted by atomic mass is 10.2. The molecule has 4 nitrogen and oxygen atoms in total. The monoisotopic (exact) mass is 245 g/mol. The first-order chi connectivity index (χ1) is 8.67. The molecule has 0 saturated carbocycles. The average molecular weight is 245 g/mol. The van der Waals surface area contributed by atoms with E-state index in [-0.39, 0.29) is 11.9 Å². The van der Waals surface area contributed by atoms with Crippen molar-refractivity contribution in [1.29, 1.82) is 0 Å². The zero-order valence-corrected chi connectivity index (χ0v) is 10.9. The SMILES string of the molecule is CCCC(C)NC(=O)c1ccc(C#CCN)cn1. The van der Waals surface area contributed by atoms with Crippen molar-refractivity contribution in [3.8, 4) is 11.8 Å². The summed E-state index contributed by atoms with van der Waals surface area (Å²) < 4.78 is 0. The minimum Gasteiger partial charge on any atom is -0.348 e. The summed E-state index contributed by atoms with van der Waals surface area (Å²) in [6.07, 6.45) is 3.59. The van der Waals surface area contributed by atoms with Gasteiger partial charge in [0.2, 0.25) is 0 Å². The van der Waals surface area contributed by atoms with E-state index in [2.05, 4.69) is 29.1 Å². The number of nitrogens with two attached hydrogens (primary N) is 1. The number of aromatic nitrogens is 1. The van der Waals surface area contributed by atoms with Crippen molar-refractivity contribution >= 4 is 5.91 Å². The normalized spacial score (nSPS) is 11.3. The number of nitrogens with zero attached hydrogens (tertiary/aromatic N) is 1. The summed E-state index contributed by atoms with van der Waals surface area (Å²) in [4.78, 5) is 15.9. The van der Waals surface area contributed by atoms with Crippen LogP contribution < -0.4 is 11.1 Å². The predicted octanol–water partition coefficient (Wildman–Crippen LogP) is 1.31. The van der Waals surface area contributed by atoms with E-state index >= 15 is 0 Å². The van der Waals surface area contributed by atoms with Crippen LogP contribution in [0.4, 0.5) is 0 Å². The zero-order chi connectivity index (χ0) is 13.4. The summed E-state index contributed by atoms with van der Waals surface area (Å²) in [7, 11) is 0. The van der Waals surface area contributed by atoms with Gasteiger partial charge in [0.15, 0.2) is 0 Å². The van der Waals surface area contributed by atoms with Crippen molar-refractivity contribution in [1.82, 2.24) is 10.3 Å². The van der Waals surface area contributed by atoms with Gasteiger partial charge in [-0.2, -0.15) is 0 Å². The lowest BCUT2D eigenvalue weighted by Gasteiger charge is -2.11. The van der Waals surface area contributed by atoms with Gasteiger partial charge in [0.25, 0.3) is 5.91 Å². The molecule has 0 fully saturated rings. The molecule has 1 aromatic heterocycles. The van der Waals surface area contributed by atoms with E-state index in [4.69, 9.17) is 5.73 Å². The summed E-state index contributed by atoms with van der Waals surface area (Å²) in [6, 6.07) is 3.62. The minimum atomic E-state index is -0.144. The smallest absolute Gasteiger partial charge is 0.270 e. The first-order valence-electron chi connectivity index (χ1n) is 6.13. The number of rotatable bonds is 4. The van der Waals surface area contributed by atoms with Gasteiger partial charge >= 0.3 is 0 Å². The molecule has 1 aromatic rings. The Morgan fingerprint density at radius 3 is 2.89 bits per heavy atom. The quantitative estimate of drug-likeness (QED) is 0.786. The summed E-state index contributed by atoms with van der Waals surface area (Å²) in [5.41, 5.74) is 6.46. The van der Waals surface area contributed by atoms with Crippen LogP contribution in [-0.2, 0) is 0 Å². The molecule has 1 amide bonds. The maximum Gasteiger partial charge on any atom is 0.270 e. The highest BCUT2D eigenvalue weighted by atomic mass is 16.1. The topological polar surface area (TPSA) is 68.0 Å². The van der Waals surface area contributed by atoms with E-state index in [0.717, 1.165) is 18.4 Å². The van der Waals surface area contributed by atoms with Crippen molar-refractivity contribution in [2.45, 2.75) is 32.7 Å². The van der Waals surface area contributed by atoms with Gasteiger partial charge < -0.3 is 11.1 Å². The number of pyridine rings is 1. The third kappa shape index (κ3) is 4.56. The fourth-order valence-electron chi connectivity index (χ4n) is 1.56. The molecule has 0 aliphatic rings. The molecule has 1 heterocycles. The highest BCUT2D eigenvalue weighted by molar-refractivity contribution is 5.92. The number of nitrogens with one attached hydrogen (secondary N) is 1. The zero-order valence-electron chi connectivity index (χ0n) is 10.9. The molecule has 0 radical (unpaired) electrons. The lowest BCUT2D eigenvalue weighted by Crippen LogP contribution is -2.32. The molecule has 18 heavy (non-hydrogen) atoms. The highest BCUT2D eigenvalue weighted by Crippen LogP contribution is 2.01. The molecule has 1 unspecified atom stereocenters. The Hall–Kier alpha value is -1.86. The lowest BCUT2D eigenvalue weighted by molar-refractivity contribution is 0.0933. The predicted molar refractivity (Wildman–Crippen MR) is 72.0 cm³/mol. The Morgan fingerprint density at radius 2 is 2.33 bits per heavy atom. The molecule has 0 spiro atoms. The second kappa shape index (κ2) is 7.46. The molecule has 0 aliphatic carbocycles. The first kappa shape index (κ1) is 14.2. The molecule has 0 aliphatic heterocycles. The molecule has 96 valence electrons. The number of carbonyl (C=O) groups excluding carboxylic acids is 1. The Labute approximate surface area is 108 Å². The second-order valence-electron chi connectivity index (χ2n) is 4.10. The van der Waals surface area contributed by atoms with Crippen molar-refractivity contribution < 1.29 is 4.79 Å². The molecule has 4 heteroatoms. The Morgan fingerprint density at radius 1 is 1.56 bits per heavy atom. The standard InChI is InChI=1S/C14H19N3O/c1-3-5-11(2)17-14(18)13-8-7-12(10-16-13)6-4-9-15/h7-8,10-11H,3,5,9,15H2,1-2H3,(H,17,18). The van der Waals surface area contributed by atoms with E-state index in [9.17, 15) is 4.79 Å². The molecule has 0 aromatic carbocycles. The van der Waals surface area contributed by atoms with Crippen LogP contribution in [0.1, 0.15) is 42.7 Å². The van der Waals surface area contributed by atoms with Crippen LogP contribution in [0.25, 0.3) is 0 Å². The van der Waals surface area contributed by atoms with Gasteiger partial charge in [-0.1, -0.05) is 25.2 Å². The van der Waals surface area contributed by atoms with E-state index in [0.29, 0.717) is 12.2 Å². The van der Waals surface area contributed by atoms with Gasteiger partial charge in [0.1, 0.15) is 5.69 Å². The van der Waals surface area contributed by atoms with Gasteiger partial charge in [0.05, 0.1) is 6.54 Å². The van der Waals surface area contributed by atoms with E-state index in [1.807, 2.05) is 6.92 Å². The Bertz CT molecular complexity index is 442. The summed E-state index contributed by atoms with van der Waals surface area (Å²) in [6.45, 7) is 4.39. The van der Waals surface area contributed by atoms with E-state index < -0.39 is 0 Å². The second-order valence-corrected chi connectivity index (χ2v) is 4.10. The summed E-state index contributed by atoms with van der Waals surface area (Å²) in [5.74, 6) is 5.46. The van der Waals surface area contributed by atoms with Crippen LogP contribution in [0.3, 0.4) is 0 Å². The van der Waals surface area contributed by atoms with Gasteiger partial charge in [-0.25, -0.2) is 4.98 Å². The third-order valence-electron chi connectivity index (χ3n) is 2.43. The molecule has 1 atom stereocenters. The van der Waals surface area contributed by atoms with E-state index in [1.165, 1.54) is 0 Å². The van der Waals surface area contributed by atoms with Crippen LogP contribution in [-0.4, -0.2) is 23.5 Å². The van der Waals surface area contributed by atoms with Crippen LogP contribution in [0.5, 0.6) is 0 Å². The van der Waals surface area contributed by atoms with Crippen molar-refractivity contribution in [2.75, 3.05) is 6.54 Å². The van der Waals surface area contributed by atoms with Gasteiger partial charge in [-0.3, -0.25) is 4.79 Å². The number of carbonyl (C=O) groups is 1. The fourth-order valence-corrected chi connectivity index (χ4v) is 1.56. The summed E-state index contributed by atoms with van der Waals surface area (Å²) >= 11 is 0. The van der Waals surface area contributed by atoms with Crippen molar-refractivity contribution in [3.63, 3.8) is 0 Å². The van der Waals surface area contributed by atoms with E-state index in [1.54, 1.807) is 18.3 Å². The minimum absolute atomic E-state index is 0.144. The Balaban J connectivity index is 2.64. The largest absolute Gasteiger partial charge is 0.348 e. The van der Waals surface area contributed by atoms with Gasteiger partial charge in [-0.05, 0) is 25.5 Å². The maximum atomic E-state index is 11.8. The molecule has 1 rings (SSSR count). The van der Waals surface area contributed by atoms with Crippen molar-refractivity contribution in [2.24, 2.45) is 5.73 Å². The highest BCUT2D eigenvalue weighted by Gasteiger charge is 2.09. The third-order valence-corrected chi connectivity index (χ3v) is 2.43. The number of hydrogen-bond acceptors (Lipinski definition) is 3. The van der Waals surface area contributed by atoms with Crippen LogP contribution in [0.2, 0.25) is 0 Å². The Kier molecular flexibility index (Phi) is 5.89. The van der Waals surface area contributed by atoms with Crippen molar-refractivity contribution in [3.05, 3.63) is 29.6 Å². The summed E-state index contributed by atoms with van der Waals surface area (Å²) in [5, 5.41) is 2.90. The molecular formula is C14H19N3O.